The molecule has 24 heavy (non-hydrogen) atoms. The van der Waals surface area contributed by atoms with Crippen LogP contribution in [0.2, 0.25) is 0 Å². The second kappa shape index (κ2) is 6.99. The highest BCUT2D eigenvalue weighted by Gasteiger charge is 2.26. The van der Waals surface area contributed by atoms with Crippen LogP contribution in [0.4, 0.5) is 5.82 Å². The van der Waals surface area contributed by atoms with E-state index in [1.54, 1.807) is 0 Å². The summed E-state index contributed by atoms with van der Waals surface area (Å²) in [5, 5.41) is 9.32. The molecule has 3 rings (SSSR count). The van der Waals surface area contributed by atoms with E-state index < -0.39 is 5.97 Å². The lowest BCUT2D eigenvalue weighted by molar-refractivity contribution is -0.141. The van der Waals surface area contributed by atoms with Gasteiger partial charge in [-0.2, -0.15) is 0 Å². The third-order valence-electron chi connectivity index (χ3n) is 4.41. The number of hydrogen-bond acceptors (Lipinski definition) is 4. The Morgan fingerprint density at radius 1 is 1.25 bits per heavy atom. The van der Waals surface area contributed by atoms with Gasteiger partial charge in [0.15, 0.2) is 0 Å². The highest BCUT2D eigenvalue weighted by Crippen LogP contribution is 2.27. The van der Waals surface area contributed by atoms with Crippen LogP contribution in [-0.2, 0) is 4.79 Å². The van der Waals surface area contributed by atoms with Gasteiger partial charge in [0.1, 0.15) is 11.6 Å². The van der Waals surface area contributed by atoms with Crippen LogP contribution in [-0.4, -0.2) is 34.1 Å². The van der Waals surface area contributed by atoms with E-state index in [-0.39, 0.29) is 11.8 Å². The van der Waals surface area contributed by atoms with E-state index in [0.29, 0.717) is 6.54 Å². The Hall–Kier alpha value is -2.43. The van der Waals surface area contributed by atoms with Crippen molar-refractivity contribution in [3.63, 3.8) is 0 Å². The highest BCUT2D eigenvalue weighted by atomic mass is 16.4. The number of piperidine rings is 1. The van der Waals surface area contributed by atoms with Gasteiger partial charge in [0, 0.05) is 30.6 Å². The molecular formula is C19H23N3O2. The normalized spacial score (nSPS) is 18.0. The van der Waals surface area contributed by atoms with Crippen molar-refractivity contribution in [2.75, 3.05) is 18.0 Å². The topological polar surface area (TPSA) is 66.3 Å². The zero-order valence-corrected chi connectivity index (χ0v) is 14.1. The average Bonchev–Trinajstić information content (AvgIpc) is 2.62. The van der Waals surface area contributed by atoms with Crippen molar-refractivity contribution in [2.24, 2.45) is 5.92 Å². The first-order valence-corrected chi connectivity index (χ1v) is 8.46. The van der Waals surface area contributed by atoms with Crippen LogP contribution in [0.5, 0.6) is 0 Å². The second-order valence-corrected chi connectivity index (χ2v) is 6.61. The molecule has 1 aliphatic heterocycles. The SMILES string of the molecule is CC(C)c1nc(-c2ccccc2)cc(N2CCCC(C(=O)O)C2)n1. The molecule has 5 nitrogen and oxygen atoms in total. The Morgan fingerprint density at radius 2 is 2.00 bits per heavy atom. The molecule has 1 unspecified atom stereocenters. The molecule has 0 aliphatic carbocycles. The van der Waals surface area contributed by atoms with Gasteiger partial charge in [-0.25, -0.2) is 9.97 Å². The summed E-state index contributed by atoms with van der Waals surface area (Å²) in [6, 6.07) is 12.0. The maximum atomic E-state index is 11.3. The summed E-state index contributed by atoms with van der Waals surface area (Å²) < 4.78 is 0. The molecule has 1 fully saturated rings. The fourth-order valence-electron chi connectivity index (χ4n) is 3.02. The summed E-state index contributed by atoms with van der Waals surface area (Å²) in [4.78, 5) is 22.8. The lowest BCUT2D eigenvalue weighted by atomic mass is 9.98. The molecule has 1 atom stereocenters. The largest absolute Gasteiger partial charge is 0.481 e. The number of benzene rings is 1. The zero-order chi connectivity index (χ0) is 17.1. The number of aromatic nitrogens is 2. The van der Waals surface area contributed by atoms with E-state index >= 15 is 0 Å². The summed E-state index contributed by atoms with van der Waals surface area (Å²) in [5.74, 6) is 0.798. The summed E-state index contributed by atoms with van der Waals surface area (Å²) in [7, 11) is 0. The Morgan fingerprint density at radius 3 is 2.67 bits per heavy atom. The molecule has 2 heterocycles. The van der Waals surface area contributed by atoms with Gasteiger partial charge in [0.05, 0.1) is 11.6 Å². The van der Waals surface area contributed by atoms with E-state index in [1.165, 1.54) is 0 Å². The Labute approximate surface area is 142 Å². The van der Waals surface area contributed by atoms with Crippen LogP contribution in [0, 0.1) is 5.92 Å². The number of anilines is 1. The van der Waals surface area contributed by atoms with E-state index in [0.717, 1.165) is 42.3 Å². The van der Waals surface area contributed by atoms with Gasteiger partial charge in [0.25, 0.3) is 0 Å². The number of rotatable bonds is 4. The quantitative estimate of drug-likeness (QED) is 0.931. The van der Waals surface area contributed by atoms with Crippen LogP contribution in [0.3, 0.4) is 0 Å². The van der Waals surface area contributed by atoms with Gasteiger partial charge < -0.3 is 10.0 Å². The van der Waals surface area contributed by atoms with E-state index in [1.807, 2.05) is 36.4 Å². The third kappa shape index (κ3) is 3.55. The van der Waals surface area contributed by atoms with Crippen molar-refractivity contribution in [3.8, 4) is 11.3 Å². The minimum atomic E-state index is -0.721. The van der Waals surface area contributed by atoms with Gasteiger partial charge in [-0.15, -0.1) is 0 Å². The number of carboxylic acids is 1. The Bertz CT molecular complexity index is 716. The number of aliphatic carboxylic acids is 1. The van der Waals surface area contributed by atoms with E-state index in [4.69, 9.17) is 9.97 Å². The van der Waals surface area contributed by atoms with Crippen molar-refractivity contribution in [1.29, 1.82) is 0 Å². The number of nitrogens with zero attached hydrogens (tertiary/aromatic N) is 3. The summed E-state index contributed by atoms with van der Waals surface area (Å²) in [5.41, 5.74) is 1.94. The molecule has 0 radical (unpaired) electrons. The summed E-state index contributed by atoms with van der Waals surface area (Å²) >= 11 is 0. The molecule has 0 amide bonds. The molecule has 1 saturated heterocycles. The van der Waals surface area contributed by atoms with Gasteiger partial charge in [-0.1, -0.05) is 44.2 Å². The molecule has 1 aromatic carbocycles. The standard InChI is InChI=1S/C19H23N3O2/c1-13(2)18-20-16(14-7-4-3-5-8-14)11-17(21-18)22-10-6-9-15(12-22)19(23)24/h3-5,7-8,11,13,15H,6,9-10,12H2,1-2H3,(H,23,24). The predicted octanol–water partition coefficient (Wildman–Crippen LogP) is 3.57. The molecular weight excluding hydrogens is 302 g/mol. The van der Waals surface area contributed by atoms with Crippen molar-refractivity contribution < 1.29 is 9.90 Å². The molecule has 1 N–H and O–H groups in total. The van der Waals surface area contributed by atoms with Crippen molar-refractivity contribution >= 4 is 11.8 Å². The number of hydrogen-bond donors (Lipinski definition) is 1. The van der Waals surface area contributed by atoms with Gasteiger partial charge in [0.2, 0.25) is 0 Å². The van der Waals surface area contributed by atoms with Crippen LogP contribution in [0.15, 0.2) is 36.4 Å². The molecule has 1 aliphatic rings. The number of carboxylic acid groups (broad SMARTS) is 1. The molecule has 126 valence electrons. The van der Waals surface area contributed by atoms with Gasteiger partial charge in [-0.3, -0.25) is 4.79 Å². The Balaban J connectivity index is 1.98. The van der Waals surface area contributed by atoms with Gasteiger partial charge >= 0.3 is 5.97 Å². The minimum absolute atomic E-state index is 0.215. The van der Waals surface area contributed by atoms with Gasteiger partial charge in [-0.05, 0) is 12.8 Å². The monoisotopic (exact) mass is 325 g/mol. The van der Waals surface area contributed by atoms with Crippen LogP contribution < -0.4 is 4.90 Å². The van der Waals surface area contributed by atoms with E-state index in [9.17, 15) is 9.90 Å². The maximum absolute atomic E-state index is 11.3. The predicted molar refractivity (Wildman–Crippen MR) is 94.1 cm³/mol. The van der Waals surface area contributed by atoms with Crippen molar-refractivity contribution in [2.45, 2.75) is 32.6 Å². The van der Waals surface area contributed by atoms with Crippen molar-refractivity contribution in [3.05, 3.63) is 42.2 Å². The van der Waals surface area contributed by atoms with Crippen molar-refractivity contribution in [1.82, 2.24) is 9.97 Å². The highest BCUT2D eigenvalue weighted by molar-refractivity contribution is 5.71. The first-order chi connectivity index (χ1) is 11.5. The summed E-state index contributed by atoms with van der Waals surface area (Å²) in [6.07, 6.45) is 1.61. The van der Waals surface area contributed by atoms with Crippen LogP contribution >= 0.6 is 0 Å². The molecule has 5 heteroatoms. The zero-order valence-electron chi connectivity index (χ0n) is 14.1. The fourth-order valence-corrected chi connectivity index (χ4v) is 3.02. The molecule has 0 bridgehead atoms. The molecule has 0 saturated carbocycles. The second-order valence-electron chi connectivity index (χ2n) is 6.61. The van der Waals surface area contributed by atoms with Crippen LogP contribution in [0.25, 0.3) is 11.3 Å². The smallest absolute Gasteiger partial charge is 0.308 e. The first kappa shape index (κ1) is 16.4. The lowest BCUT2D eigenvalue weighted by Crippen LogP contribution is -2.39. The van der Waals surface area contributed by atoms with Crippen LogP contribution in [0.1, 0.15) is 38.4 Å². The lowest BCUT2D eigenvalue weighted by Gasteiger charge is -2.32. The third-order valence-corrected chi connectivity index (χ3v) is 4.41. The Kier molecular flexibility index (Phi) is 4.79. The summed E-state index contributed by atoms with van der Waals surface area (Å²) in [6.45, 7) is 5.50. The molecule has 1 aromatic heterocycles. The average molecular weight is 325 g/mol. The van der Waals surface area contributed by atoms with E-state index in [2.05, 4.69) is 18.7 Å². The molecule has 2 aromatic rings. The maximum Gasteiger partial charge on any atom is 0.308 e. The first-order valence-electron chi connectivity index (χ1n) is 8.46. The molecule has 0 spiro atoms. The minimum Gasteiger partial charge on any atom is -0.481 e. The fraction of sp³-hybridized carbons (Fsp3) is 0.421. The number of carbonyl (C=O) groups is 1.